The van der Waals surface area contributed by atoms with Crippen molar-refractivity contribution in [1.29, 1.82) is 0 Å². The van der Waals surface area contributed by atoms with Gasteiger partial charge in [-0.3, -0.25) is 25.0 Å². The van der Waals surface area contributed by atoms with Crippen LogP contribution in [0.2, 0.25) is 10.0 Å². The molecule has 0 bridgehead atoms. The topological polar surface area (TPSA) is 88.9 Å². The summed E-state index contributed by atoms with van der Waals surface area (Å²) in [6, 6.07) is 12.1. The van der Waals surface area contributed by atoms with Gasteiger partial charge in [-0.2, -0.15) is 0 Å². The molecule has 0 saturated carbocycles. The number of rotatable bonds is 5. The van der Waals surface area contributed by atoms with Gasteiger partial charge in [-0.1, -0.05) is 53.2 Å². The van der Waals surface area contributed by atoms with E-state index < -0.39 is 11.8 Å². The summed E-state index contributed by atoms with van der Waals surface area (Å²) in [5.41, 5.74) is 6.70. The number of carbonyl (C=O) groups excluding carboxylic acids is 2. The number of aryl methyl sites for hydroxylation is 1. The van der Waals surface area contributed by atoms with Crippen LogP contribution < -0.4 is 10.9 Å². The van der Waals surface area contributed by atoms with Gasteiger partial charge in [0.05, 0.1) is 22.0 Å². The van der Waals surface area contributed by atoms with Gasteiger partial charge in [-0.25, -0.2) is 0 Å². The summed E-state index contributed by atoms with van der Waals surface area (Å²) in [5.74, 6) is -0.871. The molecule has 2 aromatic carbocycles. The van der Waals surface area contributed by atoms with Gasteiger partial charge in [-0.05, 0) is 36.8 Å². The fourth-order valence-corrected chi connectivity index (χ4v) is 3.36. The molecule has 0 aliphatic carbocycles. The van der Waals surface area contributed by atoms with Gasteiger partial charge in [0, 0.05) is 5.02 Å². The van der Waals surface area contributed by atoms with Crippen LogP contribution in [0, 0.1) is 6.92 Å². The highest BCUT2D eigenvalue weighted by Crippen LogP contribution is 2.23. The van der Waals surface area contributed by atoms with Crippen LogP contribution in [0.4, 0.5) is 0 Å². The molecule has 0 spiro atoms. The molecule has 10 heteroatoms. The van der Waals surface area contributed by atoms with Crippen molar-refractivity contribution in [2.75, 3.05) is 5.75 Å². The number of nitrogens with zero attached hydrogens (tertiary/aromatic N) is 3. The predicted molar refractivity (Wildman–Crippen MR) is 109 cm³/mol. The van der Waals surface area contributed by atoms with Crippen LogP contribution in [0.1, 0.15) is 15.9 Å². The van der Waals surface area contributed by atoms with E-state index in [0.29, 0.717) is 15.2 Å². The number of hydrazine groups is 1. The van der Waals surface area contributed by atoms with Gasteiger partial charge in [0.15, 0.2) is 5.16 Å². The summed E-state index contributed by atoms with van der Waals surface area (Å²) in [4.78, 5) is 24.1. The van der Waals surface area contributed by atoms with Gasteiger partial charge in [0.1, 0.15) is 6.33 Å². The lowest BCUT2D eigenvalue weighted by Crippen LogP contribution is -2.42. The van der Waals surface area contributed by atoms with E-state index in [4.69, 9.17) is 23.2 Å². The van der Waals surface area contributed by atoms with Gasteiger partial charge >= 0.3 is 0 Å². The summed E-state index contributed by atoms with van der Waals surface area (Å²) in [6.45, 7) is 1.91. The molecule has 2 N–H and O–H groups in total. The monoisotopic (exact) mass is 435 g/mol. The number of halogens is 2. The number of carbonyl (C=O) groups is 2. The Labute approximate surface area is 175 Å². The van der Waals surface area contributed by atoms with Crippen molar-refractivity contribution in [2.24, 2.45) is 0 Å². The first-order valence-electron chi connectivity index (χ1n) is 8.09. The van der Waals surface area contributed by atoms with Gasteiger partial charge < -0.3 is 0 Å². The summed E-state index contributed by atoms with van der Waals surface area (Å²) >= 11 is 13.3. The average Bonchev–Trinajstić information content (AvgIpc) is 3.15. The van der Waals surface area contributed by atoms with Crippen LogP contribution in [0.3, 0.4) is 0 Å². The van der Waals surface area contributed by atoms with Crippen LogP contribution in [-0.4, -0.2) is 32.3 Å². The van der Waals surface area contributed by atoms with Gasteiger partial charge in [0.2, 0.25) is 5.91 Å². The predicted octanol–water partition coefficient (Wildman–Crippen LogP) is 3.44. The number of benzene rings is 2. The van der Waals surface area contributed by atoms with Crippen molar-refractivity contribution in [3.63, 3.8) is 0 Å². The Morgan fingerprint density at radius 2 is 1.89 bits per heavy atom. The Morgan fingerprint density at radius 1 is 1.11 bits per heavy atom. The maximum absolute atomic E-state index is 12.0. The number of thioether (sulfide) groups is 1. The Bertz CT molecular complexity index is 1020. The van der Waals surface area contributed by atoms with Crippen LogP contribution in [0.5, 0.6) is 0 Å². The van der Waals surface area contributed by atoms with Gasteiger partial charge in [0.25, 0.3) is 5.91 Å². The second kappa shape index (κ2) is 9.09. The molecule has 0 aliphatic rings. The lowest BCUT2D eigenvalue weighted by Gasteiger charge is -2.09. The first-order valence-corrected chi connectivity index (χ1v) is 9.83. The molecule has 1 aromatic heterocycles. The van der Waals surface area contributed by atoms with E-state index in [2.05, 4.69) is 21.0 Å². The molecule has 0 unspecified atom stereocenters. The minimum atomic E-state index is -0.499. The number of hydrogen-bond acceptors (Lipinski definition) is 5. The van der Waals surface area contributed by atoms with Crippen LogP contribution in [-0.2, 0) is 4.79 Å². The number of amides is 2. The molecule has 0 atom stereocenters. The van der Waals surface area contributed by atoms with E-state index in [0.717, 1.165) is 11.3 Å². The summed E-state index contributed by atoms with van der Waals surface area (Å²) in [7, 11) is 0. The molecular formula is C18H15Cl2N5O2S. The zero-order valence-corrected chi connectivity index (χ0v) is 17.0. The van der Waals surface area contributed by atoms with Crippen molar-refractivity contribution in [1.82, 2.24) is 25.6 Å². The third kappa shape index (κ3) is 4.83. The normalized spacial score (nSPS) is 10.5. The number of aromatic nitrogens is 3. The lowest BCUT2D eigenvalue weighted by molar-refractivity contribution is -0.119. The Morgan fingerprint density at radius 3 is 2.64 bits per heavy atom. The standard InChI is InChI=1S/C18H15Cl2N5O2S/c1-11-6-7-12(8-15(11)20)25-10-21-24-18(25)28-9-16(26)22-23-17(27)13-4-2-3-5-14(13)19/h2-8,10H,9H2,1H3,(H,22,26)(H,23,27). The molecule has 2 amide bonds. The molecule has 0 aliphatic heterocycles. The Kier molecular flexibility index (Phi) is 6.56. The molecular weight excluding hydrogens is 421 g/mol. The van der Waals surface area contributed by atoms with Crippen molar-refractivity contribution in [3.05, 3.63) is 70.0 Å². The third-order valence-electron chi connectivity index (χ3n) is 3.72. The maximum atomic E-state index is 12.0. The van der Waals surface area contributed by atoms with Crippen molar-refractivity contribution in [2.45, 2.75) is 12.1 Å². The smallest absolute Gasteiger partial charge is 0.271 e. The Hall–Kier alpha value is -2.55. The van der Waals surface area contributed by atoms with E-state index in [9.17, 15) is 9.59 Å². The van der Waals surface area contributed by atoms with E-state index in [1.54, 1.807) is 41.2 Å². The molecule has 3 rings (SSSR count). The molecule has 0 saturated heterocycles. The van der Waals surface area contributed by atoms with Crippen LogP contribution in [0.25, 0.3) is 5.69 Å². The van der Waals surface area contributed by atoms with E-state index in [-0.39, 0.29) is 11.3 Å². The zero-order chi connectivity index (χ0) is 20.1. The quantitative estimate of drug-likeness (QED) is 0.473. The second-order valence-electron chi connectivity index (χ2n) is 5.69. The first kappa shape index (κ1) is 20.2. The van der Waals surface area contributed by atoms with E-state index in [1.807, 2.05) is 19.1 Å². The highest BCUT2D eigenvalue weighted by molar-refractivity contribution is 7.99. The largest absolute Gasteiger partial charge is 0.277 e. The van der Waals surface area contributed by atoms with Crippen molar-refractivity contribution < 1.29 is 9.59 Å². The molecule has 28 heavy (non-hydrogen) atoms. The molecule has 1 heterocycles. The molecule has 0 radical (unpaired) electrons. The third-order valence-corrected chi connectivity index (χ3v) is 5.40. The lowest BCUT2D eigenvalue weighted by atomic mass is 10.2. The minimum Gasteiger partial charge on any atom is -0.277 e. The number of nitrogens with one attached hydrogen (secondary N) is 2. The van der Waals surface area contributed by atoms with E-state index >= 15 is 0 Å². The van der Waals surface area contributed by atoms with Crippen molar-refractivity contribution >= 4 is 46.8 Å². The fourth-order valence-electron chi connectivity index (χ4n) is 2.24. The fraction of sp³-hybridized carbons (Fsp3) is 0.111. The highest BCUT2D eigenvalue weighted by Gasteiger charge is 2.13. The van der Waals surface area contributed by atoms with E-state index in [1.165, 1.54) is 11.8 Å². The first-order chi connectivity index (χ1) is 13.5. The zero-order valence-electron chi connectivity index (χ0n) is 14.6. The minimum absolute atomic E-state index is 0.0289. The molecule has 7 nitrogen and oxygen atoms in total. The summed E-state index contributed by atoms with van der Waals surface area (Å²) in [5, 5.41) is 9.35. The van der Waals surface area contributed by atoms with Crippen LogP contribution in [0.15, 0.2) is 53.9 Å². The summed E-state index contributed by atoms with van der Waals surface area (Å²) in [6.07, 6.45) is 1.54. The summed E-state index contributed by atoms with van der Waals surface area (Å²) < 4.78 is 1.73. The van der Waals surface area contributed by atoms with Crippen molar-refractivity contribution in [3.8, 4) is 5.69 Å². The SMILES string of the molecule is Cc1ccc(-n2cnnc2SCC(=O)NNC(=O)c2ccccc2Cl)cc1Cl. The Balaban J connectivity index is 1.57. The number of hydrogen-bond donors (Lipinski definition) is 2. The molecule has 0 fully saturated rings. The van der Waals surface area contributed by atoms with Crippen LogP contribution >= 0.6 is 35.0 Å². The average molecular weight is 436 g/mol. The second-order valence-corrected chi connectivity index (χ2v) is 7.44. The molecule has 3 aromatic rings. The molecule has 144 valence electrons. The maximum Gasteiger partial charge on any atom is 0.271 e. The highest BCUT2D eigenvalue weighted by atomic mass is 35.5. The van der Waals surface area contributed by atoms with Gasteiger partial charge in [-0.15, -0.1) is 10.2 Å².